The number of benzene rings is 1. The molecule has 2 fully saturated rings. The highest BCUT2D eigenvalue weighted by Crippen LogP contribution is 2.37. The SMILES string of the molecule is O=C(C1CCC1)N1CCCC(CCc2ccccc2)(C(=O)O)C1. The summed E-state index contributed by atoms with van der Waals surface area (Å²) in [6.45, 7) is 1.10. The molecular weight excluding hydrogens is 290 g/mol. The maximum Gasteiger partial charge on any atom is 0.311 e. The highest BCUT2D eigenvalue weighted by atomic mass is 16.4. The summed E-state index contributed by atoms with van der Waals surface area (Å²) in [6, 6.07) is 10.0. The van der Waals surface area contributed by atoms with Gasteiger partial charge in [0.25, 0.3) is 0 Å². The Morgan fingerprint density at radius 1 is 1.17 bits per heavy atom. The summed E-state index contributed by atoms with van der Waals surface area (Å²) < 4.78 is 0. The minimum atomic E-state index is -0.784. The lowest BCUT2D eigenvalue weighted by atomic mass is 9.74. The lowest BCUT2D eigenvalue weighted by Crippen LogP contribution is -2.52. The van der Waals surface area contributed by atoms with Gasteiger partial charge in [0.1, 0.15) is 0 Å². The summed E-state index contributed by atoms with van der Waals surface area (Å²) in [5.74, 6) is -0.422. The third kappa shape index (κ3) is 3.41. The Kier molecular flexibility index (Phi) is 4.69. The van der Waals surface area contributed by atoms with Crippen LogP contribution in [0.5, 0.6) is 0 Å². The monoisotopic (exact) mass is 315 g/mol. The molecule has 1 amide bonds. The van der Waals surface area contributed by atoms with Crippen molar-refractivity contribution in [2.24, 2.45) is 11.3 Å². The Hall–Kier alpha value is -1.84. The van der Waals surface area contributed by atoms with Crippen molar-refractivity contribution in [2.75, 3.05) is 13.1 Å². The zero-order valence-electron chi connectivity index (χ0n) is 13.5. The molecule has 1 aromatic carbocycles. The van der Waals surface area contributed by atoms with Crippen LogP contribution in [0.4, 0.5) is 0 Å². The van der Waals surface area contributed by atoms with Gasteiger partial charge in [-0.1, -0.05) is 36.8 Å². The molecule has 1 saturated carbocycles. The van der Waals surface area contributed by atoms with E-state index in [1.165, 1.54) is 0 Å². The van der Waals surface area contributed by atoms with E-state index in [1.54, 1.807) is 0 Å². The number of nitrogens with zero attached hydrogens (tertiary/aromatic N) is 1. The van der Waals surface area contributed by atoms with Crippen LogP contribution >= 0.6 is 0 Å². The molecule has 0 aromatic heterocycles. The summed E-state index contributed by atoms with van der Waals surface area (Å²) >= 11 is 0. The van der Waals surface area contributed by atoms with E-state index in [0.717, 1.165) is 44.2 Å². The molecule has 4 heteroatoms. The molecular formula is C19H25NO3. The molecule has 0 radical (unpaired) electrons. The first kappa shape index (κ1) is 16.0. The van der Waals surface area contributed by atoms with Gasteiger partial charge in [0.2, 0.25) is 5.91 Å². The summed E-state index contributed by atoms with van der Waals surface area (Å²) in [7, 11) is 0. The highest BCUT2D eigenvalue weighted by Gasteiger charge is 2.44. The van der Waals surface area contributed by atoms with Crippen LogP contribution in [-0.2, 0) is 16.0 Å². The zero-order chi connectivity index (χ0) is 16.3. The molecule has 2 aliphatic rings. The van der Waals surface area contributed by atoms with Crippen molar-refractivity contribution >= 4 is 11.9 Å². The summed E-state index contributed by atoms with van der Waals surface area (Å²) in [5.41, 5.74) is 0.378. The summed E-state index contributed by atoms with van der Waals surface area (Å²) in [5, 5.41) is 9.84. The van der Waals surface area contributed by atoms with Gasteiger partial charge < -0.3 is 10.0 Å². The third-order valence-electron chi connectivity index (χ3n) is 5.53. The smallest absolute Gasteiger partial charge is 0.311 e. The van der Waals surface area contributed by atoms with E-state index < -0.39 is 11.4 Å². The maximum absolute atomic E-state index is 12.5. The highest BCUT2D eigenvalue weighted by molar-refractivity contribution is 5.82. The van der Waals surface area contributed by atoms with Gasteiger partial charge in [-0.3, -0.25) is 9.59 Å². The van der Waals surface area contributed by atoms with E-state index >= 15 is 0 Å². The second kappa shape index (κ2) is 6.73. The first-order valence-corrected chi connectivity index (χ1v) is 8.67. The van der Waals surface area contributed by atoms with Gasteiger partial charge in [0.15, 0.2) is 0 Å². The van der Waals surface area contributed by atoms with Gasteiger partial charge in [-0.25, -0.2) is 0 Å². The number of hydrogen-bond donors (Lipinski definition) is 1. The van der Waals surface area contributed by atoms with E-state index in [2.05, 4.69) is 0 Å². The molecule has 1 unspecified atom stereocenters. The van der Waals surface area contributed by atoms with Crippen LogP contribution in [-0.4, -0.2) is 35.0 Å². The van der Waals surface area contributed by atoms with E-state index in [0.29, 0.717) is 19.4 Å². The number of carbonyl (C=O) groups excluding carboxylic acids is 1. The number of hydrogen-bond acceptors (Lipinski definition) is 2. The zero-order valence-corrected chi connectivity index (χ0v) is 13.5. The minimum Gasteiger partial charge on any atom is -0.481 e. The third-order valence-corrected chi connectivity index (χ3v) is 5.53. The quantitative estimate of drug-likeness (QED) is 0.908. The van der Waals surface area contributed by atoms with Crippen LogP contribution in [0.25, 0.3) is 0 Å². The minimum absolute atomic E-state index is 0.147. The molecule has 1 aliphatic heterocycles. The van der Waals surface area contributed by atoms with Crippen LogP contribution in [0.15, 0.2) is 30.3 Å². The average Bonchev–Trinajstić information content (AvgIpc) is 2.52. The molecule has 0 bridgehead atoms. The van der Waals surface area contributed by atoms with E-state index in [1.807, 2.05) is 35.2 Å². The van der Waals surface area contributed by atoms with Crippen molar-refractivity contribution in [3.8, 4) is 0 Å². The number of carbonyl (C=O) groups is 2. The van der Waals surface area contributed by atoms with E-state index in [9.17, 15) is 14.7 Å². The lowest BCUT2D eigenvalue weighted by Gasteiger charge is -2.42. The number of rotatable bonds is 5. The van der Waals surface area contributed by atoms with Crippen LogP contribution in [0.1, 0.15) is 44.1 Å². The number of piperidine rings is 1. The standard InChI is InChI=1S/C19H25NO3/c21-17(16-8-4-9-16)20-13-5-11-19(14-20,18(22)23)12-10-15-6-2-1-3-7-15/h1-3,6-7,16H,4-5,8-14H2,(H,22,23). The summed E-state index contributed by atoms with van der Waals surface area (Å²) in [4.78, 5) is 26.3. The summed E-state index contributed by atoms with van der Waals surface area (Å²) in [6.07, 6.45) is 5.88. The van der Waals surface area contributed by atoms with Crippen molar-refractivity contribution < 1.29 is 14.7 Å². The first-order chi connectivity index (χ1) is 11.1. The Balaban J connectivity index is 1.69. The molecule has 0 spiro atoms. The van der Waals surface area contributed by atoms with Gasteiger partial charge in [-0.15, -0.1) is 0 Å². The molecule has 1 aromatic rings. The number of likely N-dealkylation sites (tertiary alicyclic amines) is 1. The average molecular weight is 315 g/mol. The molecule has 23 heavy (non-hydrogen) atoms. The van der Waals surface area contributed by atoms with Gasteiger partial charge in [0, 0.05) is 19.0 Å². The lowest BCUT2D eigenvalue weighted by molar-refractivity contribution is -0.157. The van der Waals surface area contributed by atoms with Crippen molar-refractivity contribution in [3.63, 3.8) is 0 Å². The van der Waals surface area contributed by atoms with Gasteiger partial charge in [-0.05, 0) is 44.1 Å². The number of amides is 1. The molecule has 124 valence electrons. The Labute approximate surface area is 137 Å². The Morgan fingerprint density at radius 3 is 2.52 bits per heavy atom. The van der Waals surface area contributed by atoms with Crippen LogP contribution in [0, 0.1) is 11.3 Å². The first-order valence-electron chi connectivity index (χ1n) is 8.67. The fourth-order valence-corrected chi connectivity index (χ4v) is 3.75. The number of aliphatic carboxylic acids is 1. The number of carboxylic acid groups (broad SMARTS) is 1. The fourth-order valence-electron chi connectivity index (χ4n) is 3.75. The van der Waals surface area contributed by atoms with Crippen LogP contribution in [0.3, 0.4) is 0 Å². The van der Waals surface area contributed by atoms with Gasteiger partial charge in [-0.2, -0.15) is 0 Å². The predicted octanol–water partition coefficient (Wildman–Crippen LogP) is 3.11. The van der Waals surface area contributed by atoms with E-state index in [-0.39, 0.29) is 11.8 Å². The predicted molar refractivity (Wildman–Crippen MR) is 88.0 cm³/mol. The van der Waals surface area contributed by atoms with Crippen molar-refractivity contribution in [2.45, 2.75) is 44.9 Å². The van der Waals surface area contributed by atoms with Crippen LogP contribution in [0.2, 0.25) is 0 Å². The van der Waals surface area contributed by atoms with Crippen LogP contribution < -0.4 is 0 Å². The molecule has 1 saturated heterocycles. The Morgan fingerprint density at radius 2 is 1.91 bits per heavy atom. The normalized spacial score (nSPS) is 25.0. The molecule has 3 rings (SSSR count). The molecule has 1 atom stereocenters. The van der Waals surface area contributed by atoms with Crippen molar-refractivity contribution in [1.29, 1.82) is 0 Å². The molecule has 1 aliphatic carbocycles. The largest absolute Gasteiger partial charge is 0.481 e. The second-order valence-corrected chi connectivity index (χ2v) is 7.06. The fraction of sp³-hybridized carbons (Fsp3) is 0.579. The number of aryl methyl sites for hydroxylation is 1. The van der Waals surface area contributed by atoms with E-state index in [4.69, 9.17) is 0 Å². The topological polar surface area (TPSA) is 57.6 Å². The van der Waals surface area contributed by atoms with Crippen molar-refractivity contribution in [1.82, 2.24) is 4.90 Å². The maximum atomic E-state index is 12.5. The molecule has 1 heterocycles. The molecule has 1 N–H and O–H groups in total. The van der Waals surface area contributed by atoms with Gasteiger partial charge >= 0.3 is 5.97 Å². The van der Waals surface area contributed by atoms with Gasteiger partial charge in [0.05, 0.1) is 5.41 Å². The Bertz CT molecular complexity index is 567. The second-order valence-electron chi connectivity index (χ2n) is 7.06. The van der Waals surface area contributed by atoms with Crippen molar-refractivity contribution in [3.05, 3.63) is 35.9 Å². The number of carboxylic acids is 1. The molecule has 4 nitrogen and oxygen atoms in total.